The third-order valence-electron chi connectivity index (χ3n) is 5.50. The molecule has 5 atom stereocenters. The van der Waals surface area contributed by atoms with Crippen LogP contribution in [-0.2, 0) is 30.1 Å². The summed E-state index contributed by atoms with van der Waals surface area (Å²) in [6.07, 6.45) is -0.440. The quantitative estimate of drug-likeness (QED) is 0.805. The lowest BCUT2D eigenvalue weighted by Gasteiger charge is -2.37. The number of aryl methyl sites for hydroxylation is 3. The fourth-order valence-corrected chi connectivity index (χ4v) is 4.59. The molecule has 0 saturated carbocycles. The molecule has 3 fully saturated rings. The fraction of sp³-hybridized carbons (Fsp3) is 0.714. The zero-order chi connectivity index (χ0) is 18.9. The molecule has 3 saturated heterocycles. The molecule has 0 N–H and O–H groups in total. The van der Waals surface area contributed by atoms with Gasteiger partial charge in [0.25, 0.3) is 0 Å². The Morgan fingerprint density at radius 1 is 0.769 bits per heavy atom. The van der Waals surface area contributed by atoms with Crippen molar-refractivity contribution in [2.75, 3.05) is 0 Å². The summed E-state index contributed by atoms with van der Waals surface area (Å²) in [6, 6.07) is 4.44. The third kappa shape index (κ3) is 3.20. The van der Waals surface area contributed by atoms with Crippen LogP contribution in [0.5, 0.6) is 0 Å². The topological polar surface area (TPSA) is 46.2 Å². The van der Waals surface area contributed by atoms with Gasteiger partial charge in [0, 0.05) is 6.42 Å². The maximum Gasteiger partial charge on any atom is 0.190 e. The highest BCUT2D eigenvalue weighted by Gasteiger charge is 2.60. The van der Waals surface area contributed by atoms with Crippen molar-refractivity contribution in [1.82, 2.24) is 0 Å². The van der Waals surface area contributed by atoms with Gasteiger partial charge in [-0.2, -0.15) is 0 Å². The van der Waals surface area contributed by atoms with E-state index in [1.807, 2.05) is 27.7 Å². The van der Waals surface area contributed by atoms with Crippen LogP contribution in [0.15, 0.2) is 12.1 Å². The van der Waals surface area contributed by atoms with E-state index in [0.717, 1.165) is 6.42 Å². The zero-order valence-corrected chi connectivity index (χ0v) is 16.8. The molecule has 0 aliphatic carbocycles. The molecule has 0 bridgehead atoms. The van der Waals surface area contributed by atoms with Crippen LogP contribution in [0.4, 0.5) is 0 Å². The number of rotatable bonds is 2. The summed E-state index contributed by atoms with van der Waals surface area (Å²) in [5.74, 6) is -1.33. The van der Waals surface area contributed by atoms with Crippen LogP contribution in [0, 0.1) is 20.8 Å². The van der Waals surface area contributed by atoms with Crippen LogP contribution < -0.4 is 0 Å². The van der Waals surface area contributed by atoms with Crippen LogP contribution in [0.3, 0.4) is 0 Å². The maximum absolute atomic E-state index is 6.35. The first-order valence-corrected chi connectivity index (χ1v) is 9.48. The first kappa shape index (κ1) is 18.4. The summed E-state index contributed by atoms with van der Waals surface area (Å²) in [5, 5.41) is 0. The highest BCUT2D eigenvalue weighted by molar-refractivity contribution is 5.38. The van der Waals surface area contributed by atoms with Crippen molar-refractivity contribution in [2.24, 2.45) is 0 Å². The number of hydrogen-bond acceptors (Lipinski definition) is 5. The first-order chi connectivity index (χ1) is 12.0. The minimum Gasteiger partial charge on any atom is -0.343 e. The molecular formula is C21H30O5. The largest absolute Gasteiger partial charge is 0.343 e. The van der Waals surface area contributed by atoms with E-state index in [0.29, 0.717) is 0 Å². The van der Waals surface area contributed by atoms with E-state index < -0.39 is 17.9 Å². The summed E-state index contributed by atoms with van der Waals surface area (Å²) in [5.41, 5.74) is 5.16. The Kier molecular flexibility index (Phi) is 4.25. The number of fused-ring (bicyclic) bond motifs is 3. The molecule has 4 rings (SSSR count). The van der Waals surface area contributed by atoms with Crippen molar-refractivity contribution in [3.63, 3.8) is 0 Å². The Morgan fingerprint density at radius 3 is 1.96 bits per heavy atom. The SMILES string of the molecule is Cc1cc(C)c(C[C@H]2O[C@@H]3OC(C)(C)O[C@@H]3[C@H]3OC(C)(C)O[C@H]32)c(C)c1. The molecule has 3 aliphatic heterocycles. The molecule has 0 radical (unpaired) electrons. The van der Waals surface area contributed by atoms with Crippen molar-refractivity contribution in [1.29, 1.82) is 0 Å². The Hall–Kier alpha value is -0.980. The predicted molar refractivity (Wildman–Crippen MR) is 96.9 cm³/mol. The minimum atomic E-state index is -0.680. The van der Waals surface area contributed by atoms with Crippen LogP contribution in [0.25, 0.3) is 0 Å². The summed E-state index contributed by atoms with van der Waals surface area (Å²) < 4.78 is 30.8. The van der Waals surface area contributed by atoms with Crippen LogP contribution >= 0.6 is 0 Å². The molecule has 26 heavy (non-hydrogen) atoms. The van der Waals surface area contributed by atoms with E-state index in [2.05, 4.69) is 32.9 Å². The Labute approximate surface area is 155 Å². The minimum absolute atomic E-state index is 0.138. The average Bonchev–Trinajstić information content (AvgIpc) is 2.97. The van der Waals surface area contributed by atoms with Crippen LogP contribution in [0.1, 0.15) is 49.9 Å². The number of benzene rings is 1. The molecule has 3 aliphatic rings. The standard InChI is InChI=1S/C21H30O5/c1-11-8-12(2)14(13(3)9-11)10-15-16-17(24-20(4,5)23-16)18-19(22-15)26-21(6,7)25-18/h8-9,15-19H,10H2,1-7H3/t15-,16+,17+,18-,19-/m1/s1. The smallest absolute Gasteiger partial charge is 0.190 e. The summed E-state index contributed by atoms with van der Waals surface area (Å²) in [4.78, 5) is 0. The van der Waals surface area contributed by atoms with E-state index in [9.17, 15) is 0 Å². The van der Waals surface area contributed by atoms with Gasteiger partial charge in [0.05, 0.1) is 6.10 Å². The van der Waals surface area contributed by atoms with Gasteiger partial charge in [-0.1, -0.05) is 17.7 Å². The lowest BCUT2D eigenvalue weighted by atomic mass is 9.90. The highest BCUT2D eigenvalue weighted by atomic mass is 16.9. The van der Waals surface area contributed by atoms with E-state index in [-0.39, 0.29) is 24.4 Å². The van der Waals surface area contributed by atoms with Gasteiger partial charge >= 0.3 is 0 Å². The molecule has 1 aromatic rings. The molecule has 1 aromatic carbocycles. The van der Waals surface area contributed by atoms with Crippen molar-refractivity contribution in [2.45, 2.75) is 97.2 Å². The highest BCUT2D eigenvalue weighted by Crippen LogP contribution is 2.44. The third-order valence-corrected chi connectivity index (χ3v) is 5.50. The summed E-state index contributed by atoms with van der Waals surface area (Å²) in [7, 11) is 0. The van der Waals surface area contributed by atoms with Gasteiger partial charge < -0.3 is 23.7 Å². The molecular weight excluding hydrogens is 332 g/mol. The van der Waals surface area contributed by atoms with Crippen LogP contribution in [0.2, 0.25) is 0 Å². The monoisotopic (exact) mass is 362 g/mol. The van der Waals surface area contributed by atoms with E-state index in [4.69, 9.17) is 23.7 Å². The molecule has 0 aromatic heterocycles. The van der Waals surface area contributed by atoms with Gasteiger partial charge in [0.2, 0.25) is 0 Å². The van der Waals surface area contributed by atoms with Crippen molar-refractivity contribution in [3.8, 4) is 0 Å². The van der Waals surface area contributed by atoms with Gasteiger partial charge in [-0.25, -0.2) is 0 Å². The molecule has 0 unspecified atom stereocenters. The average molecular weight is 362 g/mol. The Balaban J connectivity index is 1.64. The second-order valence-electron chi connectivity index (χ2n) is 8.79. The lowest BCUT2D eigenvalue weighted by Crippen LogP contribution is -2.55. The zero-order valence-electron chi connectivity index (χ0n) is 16.8. The van der Waals surface area contributed by atoms with Crippen molar-refractivity contribution >= 4 is 0 Å². The fourth-order valence-electron chi connectivity index (χ4n) is 4.59. The second-order valence-corrected chi connectivity index (χ2v) is 8.79. The summed E-state index contributed by atoms with van der Waals surface area (Å²) in [6.45, 7) is 14.2. The van der Waals surface area contributed by atoms with Gasteiger partial charge in [-0.15, -0.1) is 0 Å². The molecule has 5 heteroatoms. The Bertz CT molecular complexity index is 687. The Morgan fingerprint density at radius 2 is 1.31 bits per heavy atom. The summed E-state index contributed by atoms with van der Waals surface area (Å²) >= 11 is 0. The number of ether oxygens (including phenoxy) is 5. The van der Waals surface area contributed by atoms with Crippen molar-refractivity contribution < 1.29 is 23.7 Å². The van der Waals surface area contributed by atoms with Crippen molar-refractivity contribution in [3.05, 3.63) is 34.4 Å². The molecule has 144 valence electrons. The predicted octanol–water partition coefficient (Wildman–Crippen LogP) is 3.55. The molecule has 0 spiro atoms. The molecule has 3 heterocycles. The van der Waals surface area contributed by atoms with Gasteiger partial charge in [0.1, 0.15) is 18.3 Å². The lowest BCUT2D eigenvalue weighted by molar-refractivity contribution is -0.233. The number of hydrogen-bond donors (Lipinski definition) is 0. The molecule has 0 amide bonds. The van der Waals surface area contributed by atoms with E-state index in [1.165, 1.54) is 22.3 Å². The molecule has 5 nitrogen and oxygen atoms in total. The first-order valence-electron chi connectivity index (χ1n) is 9.48. The van der Waals surface area contributed by atoms with Gasteiger partial charge in [-0.3, -0.25) is 0 Å². The van der Waals surface area contributed by atoms with Gasteiger partial charge in [0.15, 0.2) is 17.9 Å². The van der Waals surface area contributed by atoms with E-state index in [1.54, 1.807) is 0 Å². The van der Waals surface area contributed by atoms with Crippen LogP contribution in [-0.4, -0.2) is 42.3 Å². The normalized spacial score (nSPS) is 37.4. The maximum atomic E-state index is 6.35. The van der Waals surface area contributed by atoms with Gasteiger partial charge in [-0.05, 0) is 65.2 Å². The second kappa shape index (κ2) is 6.01. The van der Waals surface area contributed by atoms with E-state index >= 15 is 0 Å².